The first kappa shape index (κ1) is 13.4. The van der Waals surface area contributed by atoms with E-state index in [2.05, 4.69) is 10.2 Å². The number of para-hydroxylation sites is 2. The van der Waals surface area contributed by atoms with Crippen molar-refractivity contribution in [1.29, 1.82) is 0 Å². The van der Waals surface area contributed by atoms with Crippen LogP contribution in [0.4, 0.5) is 11.4 Å². The molecule has 1 aliphatic heterocycles. The molecule has 2 unspecified atom stereocenters. The Morgan fingerprint density at radius 2 is 1.95 bits per heavy atom. The Morgan fingerprint density at radius 3 is 2.65 bits per heavy atom. The minimum absolute atomic E-state index is 0.0555. The highest BCUT2D eigenvalue weighted by Gasteiger charge is 2.35. The third-order valence-electron chi connectivity index (χ3n) is 4.69. The van der Waals surface area contributed by atoms with Gasteiger partial charge in [0.15, 0.2) is 0 Å². The molecule has 1 aliphatic carbocycles. The first-order valence-corrected chi connectivity index (χ1v) is 7.59. The lowest BCUT2D eigenvalue weighted by Gasteiger charge is -2.16. The van der Waals surface area contributed by atoms with Crippen molar-refractivity contribution in [3.05, 3.63) is 24.3 Å². The lowest BCUT2D eigenvalue weighted by molar-refractivity contribution is -0.116. The maximum absolute atomic E-state index is 12.0. The number of carbonyl (C=O) groups is 1. The fraction of sp³-hybridized carbons (Fsp3) is 0.562. The second-order valence-electron chi connectivity index (χ2n) is 6.10. The summed E-state index contributed by atoms with van der Waals surface area (Å²) in [5, 5.41) is 2.89. The molecule has 2 fully saturated rings. The van der Waals surface area contributed by atoms with E-state index in [1.54, 1.807) is 6.07 Å². The monoisotopic (exact) mass is 273 g/mol. The van der Waals surface area contributed by atoms with E-state index in [1.165, 1.54) is 32.4 Å². The minimum Gasteiger partial charge on any atom is -0.397 e. The summed E-state index contributed by atoms with van der Waals surface area (Å²) in [4.78, 5) is 14.4. The van der Waals surface area contributed by atoms with E-state index >= 15 is 0 Å². The van der Waals surface area contributed by atoms with Gasteiger partial charge >= 0.3 is 0 Å². The van der Waals surface area contributed by atoms with Gasteiger partial charge in [0.2, 0.25) is 5.91 Å². The molecule has 1 aromatic rings. The number of nitrogens with two attached hydrogens (primary N) is 1. The summed E-state index contributed by atoms with van der Waals surface area (Å²) in [7, 11) is 0. The van der Waals surface area contributed by atoms with Crippen LogP contribution in [0.3, 0.4) is 0 Å². The Bertz CT molecular complexity index is 476. The van der Waals surface area contributed by atoms with Crippen molar-refractivity contribution in [2.45, 2.75) is 25.7 Å². The van der Waals surface area contributed by atoms with Gasteiger partial charge in [0, 0.05) is 26.1 Å². The van der Waals surface area contributed by atoms with Crippen LogP contribution in [0.25, 0.3) is 0 Å². The van der Waals surface area contributed by atoms with E-state index in [0.29, 0.717) is 12.1 Å². The van der Waals surface area contributed by atoms with Gasteiger partial charge in [-0.05, 0) is 36.8 Å². The van der Waals surface area contributed by atoms with Gasteiger partial charge in [-0.2, -0.15) is 0 Å². The first-order valence-electron chi connectivity index (χ1n) is 7.59. The van der Waals surface area contributed by atoms with Crippen LogP contribution in [0, 0.1) is 11.8 Å². The lowest BCUT2D eigenvalue weighted by Crippen LogP contribution is -2.26. The molecule has 3 N–H and O–H groups in total. The van der Waals surface area contributed by atoms with Crippen molar-refractivity contribution in [2.24, 2.45) is 11.8 Å². The van der Waals surface area contributed by atoms with Crippen LogP contribution < -0.4 is 11.1 Å². The summed E-state index contributed by atoms with van der Waals surface area (Å²) in [5.41, 5.74) is 7.16. The highest BCUT2D eigenvalue weighted by atomic mass is 16.1. The molecule has 1 saturated carbocycles. The van der Waals surface area contributed by atoms with E-state index in [1.807, 2.05) is 18.2 Å². The minimum atomic E-state index is 0.0555. The maximum Gasteiger partial charge on any atom is 0.225 e. The zero-order chi connectivity index (χ0) is 13.9. The van der Waals surface area contributed by atoms with Gasteiger partial charge in [0.1, 0.15) is 0 Å². The van der Waals surface area contributed by atoms with Crippen LogP contribution in [0.5, 0.6) is 0 Å². The molecule has 0 bridgehead atoms. The van der Waals surface area contributed by atoms with Crippen LogP contribution in [0.1, 0.15) is 25.7 Å². The van der Waals surface area contributed by atoms with Crippen LogP contribution in [0.15, 0.2) is 24.3 Å². The number of nitrogen functional groups attached to an aromatic ring is 1. The van der Waals surface area contributed by atoms with Gasteiger partial charge in [-0.15, -0.1) is 0 Å². The molecule has 0 spiro atoms. The van der Waals surface area contributed by atoms with Crippen molar-refractivity contribution >= 4 is 17.3 Å². The van der Waals surface area contributed by atoms with Gasteiger partial charge < -0.3 is 16.0 Å². The summed E-state index contributed by atoms with van der Waals surface area (Å²) in [5.74, 6) is 1.84. The average molecular weight is 273 g/mol. The molecule has 4 nitrogen and oxygen atoms in total. The predicted octanol–water partition coefficient (Wildman–Crippen LogP) is 2.33. The number of nitrogens with zero attached hydrogens (tertiary/aromatic N) is 1. The van der Waals surface area contributed by atoms with Crippen molar-refractivity contribution in [1.82, 2.24) is 4.90 Å². The number of carbonyl (C=O) groups excluding carboxylic acids is 1. The highest BCUT2D eigenvalue weighted by molar-refractivity contribution is 5.93. The van der Waals surface area contributed by atoms with E-state index in [-0.39, 0.29) is 5.91 Å². The number of likely N-dealkylation sites (tertiary alicyclic amines) is 1. The fourth-order valence-corrected chi connectivity index (χ4v) is 3.60. The van der Waals surface area contributed by atoms with E-state index in [4.69, 9.17) is 5.73 Å². The average Bonchev–Trinajstić information content (AvgIpc) is 3.00. The molecule has 2 atom stereocenters. The molecule has 1 amide bonds. The van der Waals surface area contributed by atoms with Gasteiger partial charge in [-0.1, -0.05) is 18.6 Å². The third-order valence-corrected chi connectivity index (χ3v) is 4.69. The number of nitrogens with one attached hydrogen (secondary N) is 1. The summed E-state index contributed by atoms with van der Waals surface area (Å²) in [6.45, 7) is 3.24. The Balaban J connectivity index is 1.45. The quantitative estimate of drug-likeness (QED) is 0.828. The van der Waals surface area contributed by atoms with E-state index in [0.717, 1.165) is 24.1 Å². The molecule has 0 aromatic heterocycles. The standard InChI is InChI=1S/C16H23N3O/c17-14-6-1-2-7-15(14)18-16(20)8-9-19-10-12-4-3-5-13(12)11-19/h1-2,6-7,12-13H,3-5,8-11,17H2,(H,18,20). The number of hydrogen-bond acceptors (Lipinski definition) is 3. The number of fused-ring (bicyclic) bond motifs is 1. The molecule has 1 heterocycles. The SMILES string of the molecule is Nc1ccccc1NC(=O)CCN1CC2CCCC2C1. The molecule has 20 heavy (non-hydrogen) atoms. The van der Waals surface area contributed by atoms with Gasteiger partial charge in [0.25, 0.3) is 0 Å². The fourth-order valence-electron chi connectivity index (χ4n) is 3.60. The second kappa shape index (κ2) is 5.83. The molecule has 4 heteroatoms. The summed E-state index contributed by atoms with van der Waals surface area (Å²) in [6.07, 6.45) is 4.71. The Labute approximate surface area is 120 Å². The summed E-state index contributed by atoms with van der Waals surface area (Å²) >= 11 is 0. The Kier molecular flexibility index (Phi) is 3.92. The summed E-state index contributed by atoms with van der Waals surface area (Å²) in [6, 6.07) is 7.40. The highest BCUT2D eigenvalue weighted by Crippen LogP contribution is 2.37. The number of hydrogen-bond donors (Lipinski definition) is 2. The Morgan fingerprint density at radius 1 is 1.25 bits per heavy atom. The second-order valence-corrected chi connectivity index (χ2v) is 6.10. The zero-order valence-electron chi connectivity index (χ0n) is 11.8. The van der Waals surface area contributed by atoms with Crippen LogP contribution in [0.2, 0.25) is 0 Å². The lowest BCUT2D eigenvalue weighted by atomic mass is 10.0. The molecule has 2 aliphatic rings. The number of rotatable bonds is 4. The van der Waals surface area contributed by atoms with Crippen LogP contribution in [-0.4, -0.2) is 30.4 Å². The molecule has 108 valence electrons. The topological polar surface area (TPSA) is 58.4 Å². The molecular weight excluding hydrogens is 250 g/mol. The maximum atomic E-state index is 12.0. The largest absolute Gasteiger partial charge is 0.397 e. The number of benzene rings is 1. The van der Waals surface area contributed by atoms with Gasteiger partial charge in [0.05, 0.1) is 11.4 Å². The normalized spacial score (nSPS) is 25.6. The van der Waals surface area contributed by atoms with Gasteiger partial charge in [-0.25, -0.2) is 0 Å². The Hall–Kier alpha value is -1.55. The van der Waals surface area contributed by atoms with E-state index in [9.17, 15) is 4.79 Å². The van der Waals surface area contributed by atoms with Crippen LogP contribution in [-0.2, 0) is 4.79 Å². The van der Waals surface area contributed by atoms with E-state index < -0.39 is 0 Å². The smallest absolute Gasteiger partial charge is 0.225 e. The van der Waals surface area contributed by atoms with Gasteiger partial charge in [-0.3, -0.25) is 4.79 Å². The third kappa shape index (κ3) is 2.96. The van der Waals surface area contributed by atoms with Crippen molar-refractivity contribution < 1.29 is 4.79 Å². The molecule has 1 aromatic carbocycles. The van der Waals surface area contributed by atoms with Crippen molar-refractivity contribution in [3.63, 3.8) is 0 Å². The van der Waals surface area contributed by atoms with Crippen molar-refractivity contribution in [2.75, 3.05) is 30.7 Å². The first-order chi connectivity index (χ1) is 9.72. The predicted molar refractivity (Wildman–Crippen MR) is 81.4 cm³/mol. The molecule has 1 saturated heterocycles. The van der Waals surface area contributed by atoms with Crippen LogP contribution >= 0.6 is 0 Å². The number of anilines is 2. The molecule has 3 rings (SSSR count). The zero-order valence-corrected chi connectivity index (χ0v) is 11.8. The van der Waals surface area contributed by atoms with Crippen molar-refractivity contribution in [3.8, 4) is 0 Å². The summed E-state index contributed by atoms with van der Waals surface area (Å²) < 4.78 is 0. The molecule has 0 radical (unpaired) electrons. The molecular formula is C16H23N3O. The number of amides is 1.